The van der Waals surface area contributed by atoms with Crippen molar-refractivity contribution in [3.8, 4) is 0 Å². The standard InChI is InChI=1S/C33H44N6O7/c1-32(2,43)45-15-5-13-34-30(41)25-8-11-28(37-18-25)21-39(20-27-10-7-24(23-40)17-36-27)22-29-12-9-26(19-38-29)31(42)35-14-6-16-46-33(3,4)44/h7-12,17-19,23,43-44H,5-6,13-16,20-22H2,1-4H3,(H,34,41)(H,35,42). The molecule has 2 amide bonds. The molecule has 4 N–H and O–H groups in total. The van der Waals surface area contributed by atoms with Crippen LogP contribution < -0.4 is 10.6 Å². The summed E-state index contributed by atoms with van der Waals surface area (Å²) in [6, 6.07) is 10.5. The number of hydrogen-bond acceptors (Lipinski definition) is 11. The van der Waals surface area contributed by atoms with Crippen LogP contribution in [0.15, 0.2) is 55.0 Å². The van der Waals surface area contributed by atoms with Crippen molar-refractivity contribution in [1.82, 2.24) is 30.5 Å². The molecule has 0 fully saturated rings. The maximum atomic E-state index is 12.5. The lowest BCUT2D eigenvalue weighted by molar-refractivity contribution is -0.176. The zero-order chi connectivity index (χ0) is 33.6. The van der Waals surface area contributed by atoms with Crippen LogP contribution in [0.25, 0.3) is 0 Å². The van der Waals surface area contributed by atoms with Gasteiger partial charge in [-0.25, -0.2) is 0 Å². The van der Waals surface area contributed by atoms with Crippen LogP contribution in [-0.2, 0) is 29.1 Å². The van der Waals surface area contributed by atoms with E-state index in [1.807, 2.05) is 0 Å². The average molecular weight is 637 g/mol. The molecule has 0 saturated heterocycles. The first kappa shape index (κ1) is 36.3. The predicted molar refractivity (Wildman–Crippen MR) is 169 cm³/mol. The molecule has 13 nitrogen and oxygen atoms in total. The summed E-state index contributed by atoms with van der Waals surface area (Å²) < 4.78 is 10.5. The Balaban J connectivity index is 1.60. The minimum absolute atomic E-state index is 0.255. The Morgan fingerprint density at radius 1 is 0.717 bits per heavy atom. The summed E-state index contributed by atoms with van der Waals surface area (Å²) in [7, 11) is 0. The normalized spacial score (nSPS) is 11.8. The number of aromatic nitrogens is 3. The Morgan fingerprint density at radius 2 is 1.13 bits per heavy atom. The Morgan fingerprint density at radius 3 is 1.46 bits per heavy atom. The zero-order valence-corrected chi connectivity index (χ0v) is 26.9. The largest absolute Gasteiger partial charge is 0.366 e. The number of ether oxygens (including phenoxy) is 2. The minimum Gasteiger partial charge on any atom is -0.366 e. The van der Waals surface area contributed by atoms with Gasteiger partial charge in [-0.1, -0.05) is 0 Å². The fourth-order valence-electron chi connectivity index (χ4n) is 4.16. The maximum absolute atomic E-state index is 12.5. The van der Waals surface area contributed by atoms with Crippen molar-refractivity contribution < 1.29 is 34.1 Å². The molecule has 3 heterocycles. The van der Waals surface area contributed by atoms with Crippen LogP contribution in [0.5, 0.6) is 0 Å². The van der Waals surface area contributed by atoms with Crippen molar-refractivity contribution in [2.75, 3.05) is 26.3 Å². The molecule has 3 aromatic heterocycles. The maximum Gasteiger partial charge on any atom is 0.252 e. The summed E-state index contributed by atoms with van der Waals surface area (Å²) in [6.07, 6.45) is 6.41. The van der Waals surface area contributed by atoms with Crippen LogP contribution in [0, 0.1) is 0 Å². The number of nitrogens with zero attached hydrogens (tertiary/aromatic N) is 4. The lowest BCUT2D eigenvalue weighted by atomic mass is 10.2. The SMILES string of the molecule is CC(C)(O)OCCCNC(=O)c1ccc(CN(Cc2ccc(C=O)cn2)Cc2ccc(C(=O)NCCCOC(C)(C)O)cn2)nc1. The van der Waals surface area contributed by atoms with Gasteiger partial charge in [0.15, 0.2) is 17.9 Å². The summed E-state index contributed by atoms with van der Waals surface area (Å²) in [5.41, 5.74) is 3.53. The van der Waals surface area contributed by atoms with Gasteiger partial charge in [0.1, 0.15) is 0 Å². The highest BCUT2D eigenvalue weighted by molar-refractivity contribution is 5.94. The molecule has 0 bridgehead atoms. The minimum atomic E-state index is -1.21. The molecule has 0 saturated carbocycles. The van der Waals surface area contributed by atoms with E-state index in [1.54, 1.807) is 64.1 Å². The molecule has 0 spiro atoms. The molecular formula is C33H44N6O7. The van der Waals surface area contributed by atoms with Gasteiger partial charge in [0, 0.05) is 56.9 Å². The summed E-state index contributed by atoms with van der Waals surface area (Å²) in [5.74, 6) is -2.93. The molecule has 3 rings (SSSR count). The van der Waals surface area contributed by atoms with E-state index >= 15 is 0 Å². The van der Waals surface area contributed by atoms with Gasteiger partial charge in [0.25, 0.3) is 11.8 Å². The van der Waals surface area contributed by atoms with Crippen molar-refractivity contribution in [2.45, 2.75) is 71.7 Å². The molecule has 248 valence electrons. The summed E-state index contributed by atoms with van der Waals surface area (Å²) >= 11 is 0. The molecule has 0 atom stereocenters. The molecule has 0 radical (unpaired) electrons. The van der Waals surface area contributed by atoms with Gasteiger partial charge < -0.3 is 30.3 Å². The van der Waals surface area contributed by atoms with Gasteiger partial charge in [-0.2, -0.15) is 0 Å². The number of rotatable bonds is 19. The topological polar surface area (TPSA) is 176 Å². The van der Waals surface area contributed by atoms with Crippen molar-refractivity contribution in [1.29, 1.82) is 0 Å². The molecule has 13 heteroatoms. The number of nitrogens with one attached hydrogen (secondary N) is 2. The highest BCUT2D eigenvalue weighted by Crippen LogP contribution is 2.13. The third-order valence-electron chi connectivity index (χ3n) is 6.44. The number of carbonyl (C=O) groups is 3. The Kier molecular flexibility index (Phi) is 13.8. The number of carbonyl (C=O) groups excluding carboxylic acids is 3. The Bertz CT molecular complexity index is 1300. The highest BCUT2D eigenvalue weighted by atomic mass is 16.6. The molecular weight excluding hydrogens is 592 g/mol. The summed E-state index contributed by atoms with van der Waals surface area (Å²) in [6.45, 7) is 8.90. The van der Waals surface area contributed by atoms with Gasteiger partial charge in [-0.15, -0.1) is 0 Å². The Labute approximate surface area is 269 Å². The van der Waals surface area contributed by atoms with Crippen LogP contribution in [0.3, 0.4) is 0 Å². The second-order valence-corrected chi connectivity index (χ2v) is 11.7. The number of aldehydes is 1. The molecule has 46 heavy (non-hydrogen) atoms. The lowest BCUT2D eigenvalue weighted by Crippen LogP contribution is -2.28. The molecule has 0 unspecified atom stereocenters. The van der Waals surface area contributed by atoms with Crippen molar-refractivity contribution in [3.05, 3.63) is 88.8 Å². The van der Waals surface area contributed by atoms with Crippen molar-refractivity contribution >= 4 is 18.1 Å². The van der Waals surface area contributed by atoms with E-state index in [9.17, 15) is 24.6 Å². The first-order valence-electron chi connectivity index (χ1n) is 15.1. The van der Waals surface area contributed by atoms with E-state index in [0.29, 0.717) is 75.5 Å². The second kappa shape index (κ2) is 17.5. The third-order valence-corrected chi connectivity index (χ3v) is 6.44. The van der Waals surface area contributed by atoms with Gasteiger partial charge >= 0.3 is 0 Å². The number of amides is 2. The number of hydrogen-bond donors (Lipinski definition) is 4. The van der Waals surface area contributed by atoms with Gasteiger partial charge in [-0.3, -0.25) is 34.2 Å². The monoisotopic (exact) mass is 636 g/mol. The lowest BCUT2D eigenvalue weighted by Gasteiger charge is -2.21. The van der Waals surface area contributed by atoms with E-state index in [2.05, 4.69) is 30.5 Å². The van der Waals surface area contributed by atoms with Crippen molar-refractivity contribution in [3.63, 3.8) is 0 Å². The second-order valence-electron chi connectivity index (χ2n) is 11.7. The predicted octanol–water partition coefficient (Wildman–Crippen LogP) is 2.62. The quantitative estimate of drug-likeness (QED) is 0.0864. The average Bonchev–Trinajstić information content (AvgIpc) is 3.00. The third kappa shape index (κ3) is 13.9. The zero-order valence-electron chi connectivity index (χ0n) is 26.9. The van der Waals surface area contributed by atoms with E-state index in [0.717, 1.165) is 23.4 Å². The molecule has 0 aliphatic rings. The highest BCUT2D eigenvalue weighted by Gasteiger charge is 2.15. The van der Waals surface area contributed by atoms with Crippen LogP contribution >= 0.6 is 0 Å². The van der Waals surface area contributed by atoms with Gasteiger partial charge in [0.05, 0.1) is 41.4 Å². The van der Waals surface area contributed by atoms with E-state index < -0.39 is 11.6 Å². The smallest absolute Gasteiger partial charge is 0.252 e. The van der Waals surface area contributed by atoms with Crippen molar-refractivity contribution in [2.24, 2.45) is 0 Å². The molecule has 0 aliphatic heterocycles. The van der Waals surface area contributed by atoms with Crippen LogP contribution in [0.1, 0.15) is 88.7 Å². The van der Waals surface area contributed by atoms with Crippen LogP contribution in [0.2, 0.25) is 0 Å². The Hall–Kier alpha value is -4.14. The molecule has 3 aromatic rings. The van der Waals surface area contributed by atoms with E-state index in [4.69, 9.17) is 9.47 Å². The summed E-state index contributed by atoms with van der Waals surface area (Å²) in [4.78, 5) is 51.6. The number of pyridine rings is 3. The van der Waals surface area contributed by atoms with Crippen LogP contribution in [0.4, 0.5) is 0 Å². The molecule has 0 aliphatic carbocycles. The van der Waals surface area contributed by atoms with Gasteiger partial charge in [0.2, 0.25) is 0 Å². The van der Waals surface area contributed by atoms with E-state index in [-0.39, 0.29) is 11.8 Å². The fourth-order valence-corrected chi connectivity index (χ4v) is 4.16. The van der Waals surface area contributed by atoms with E-state index in [1.165, 1.54) is 18.6 Å². The number of aliphatic hydroxyl groups is 2. The van der Waals surface area contributed by atoms with Gasteiger partial charge in [-0.05, 0) is 76.9 Å². The van der Waals surface area contributed by atoms with Crippen LogP contribution in [-0.4, -0.2) is 86.0 Å². The first-order valence-corrected chi connectivity index (χ1v) is 15.1. The summed E-state index contributed by atoms with van der Waals surface area (Å²) in [5, 5.41) is 24.8. The molecule has 0 aromatic carbocycles. The first-order chi connectivity index (χ1) is 21.8. The fraction of sp³-hybridized carbons (Fsp3) is 0.455.